The van der Waals surface area contributed by atoms with Crippen molar-refractivity contribution in [3.63, 3.8) is 0 Å². The highest BCUT2D eigenvalue weighted by Crippen LogP contribution is 2.37. The lowest BCUT2D eigenvalue weighted by Crippen LogP contribution is -2.47. The molecule has 1 saturated carbocycles. The van der Waals surface area contributed by atoms with Gasteiger partial charge in [-0.05, 0) is 37.5 Å². The maximum Gasteiger partial charge on any atom is 0.191 e. The van der Waals surface area contributed by atoms with Crippen LogP contribution in [0.5, 0.6) is 0 Å². The quantitative estimate of drug-likeness (QED) is 0.601. The molecular formula is C13H25N3O. The number of nitrogens with zero attached hydrogens (tertiary/aromatic N) is 2. The molecule has 98 valence electrons. The number of hydrogen-bond acceptors (Lipinski definition) is 2. The first-order chi connectivity index (χ1) is 8.13. The van der Waals surface area contributed by atoms with E-state index in [4.69, 9.17) is 10.5 Å². The van der Waals surface area contributed by atoms with E-state index in [2.05, 4.69) is 16.8 Å². The first-order valence-electron chi connectivity index (χ1n) is 6.71. The normalized spacial score (nSPS) is 34.6. The van der Waals surface area contributed by atoms with Crippen molar-refractivity contribution in [3.8, 4) is 0 Å². The van der Waals surface area contributed by atoms with Crippen molar-refractivity contribution in [2.75, 3.05) is 26.7 Å². The molecule has 0 unspecified atom stereocenters. The van der Waals surface area contributed by atoms with Gasteiger partial charge in [0.15, 0.2) is 5.96 Å². The molecular weight excluding hydrogens is 214 g/mol. The molecule has 2 aliphatic rings. The Kier molecular flexibility index (Phi) is 3.92. The van der Waals surface area contributed by atoms with Crippen LogP contribution in [0.15, 0.2) is 4.99 Å². The Morgan fingerprint density at radius 1 is 1.41 bits per heavy atom. The molecule has 17 heavy (non-hydrogen) atoms. The lowest BCUT2D eigenvalue weighted by Gasteiger charge is -2.37. The zero-order chi connectivity index (χ0) is 12.3. The molecule has 0 atom stereocenters. The fraction of sp³-hybridized carbons (Fsp3) is 0.923. The van der Waals surface area contributed by atoms with Gasteiger partial charge >= 0.3 is 0 Å². The summed E-state index contributed by atoms with van der Waals surface area (Å²) in [5, 5.41) is 0. The maximum absolute atomic E-state index is 5.96. The van der Waals surface area contributed by atoms with E-state index in [0.29, 0.717) is 11.5 Å². The van der Waals surface area contributed by atoms with Crippen LogP contribution < -0.4 is 5.73 Å². The standard InChI is InChI=1S/C13H25N3O/c1-13(6-4-11(17-2)5-7-13)10-15-12(14)16-8-3-9-16/h11H,3-10H2,1-2H3,(H2,14,15). The fourth-order valence-electron chi connectivity index (χ4n) is 2.60. The lowest BCUT2D eigenvalue weighted by molar-refractivity contribution is 0.0352. The van der Waals surface area contributed by atoms with Gasteiger partial charge in [-0.3, -0.25) is 4.99 Å². The minimum absolute atomic E-state index is 0.324. The molecule has 1 saturated heterocycles. The summed E-state index contributed by atoms with van der Waals surface area (Å²) in [7, 11) is 1.81. The summed E-state index contributed by atoms with van der Waals surface area (Å²) in [6.45, 7) is 5.35. The number of rotatable bonds is 3. The number of hydrogen-bond donors (Lipinski definition) is 1. The molecule has 1 aliphatic heterocycles. The van der Waals surface area contributed by atoms with Crippen LogP contribution in [0.25, 0.3) is 0 Å². The summed E-state index contributed by atoms with van der Waals surface area (Å²) >= 11 is 0. The van der Waals surface area contributed by atoms with E-state index in [1.165, 1.54) is 19.3 Å². The molecule has 0 aromatic rings. The highest BCUT2D eigenvalue weighted by atomic mass is 16.5. The van der Waals surface area contributed by atoms with Crippen LogP contribution in [0, 0.1) is 5.41 Å². The summed E-state index contributed by atoms with van der Waals surface area (Å²) in [5.41, 5.74) is 6.28. The lowest BCUT2D eigenvalue weighted by atomic mass is 9.75. The van der Waals surface area contributed by atoms with E-state index in [1.807, 2.05) is 7.11 Å². The molecule has 0 radical (unpaired) electrons. The topological polar surface area (TPSA) is 50.9 Å². The van der Waals surface area contributed by atoms with E-state index in [0.717, 1.165) is 38.4 Å². The van der Waals surface area contributed by atoms with Gasteiger partial charge in [0.25, 0.3) is 0 Å². The fourth-order valence-corrected chi connectivity index (χ4v) is 2.60. The Bertz CT molecular complexity index is 278. The smallest absolute Gasteiger partial charge is 0.191 e. The first-order valence-corrected chi connectivity index (χ1v) is 6.71. The van der Waals surface area contributed by atoms with Gasteiger partial charge in [-0.1, -0.05) is 6.92 Å². The third-order valence-electron chi connectivity index (χ3n) is 4.28. The average Bonchev–Trinajstić information content (AvgIpc) is 2.25. The molecule has 2 rings (SSSR count). The van der Waals surface area contributed by atoms with Crippen LogP contribution in [0.2, 0.25) is 0 Å². The minimum Gasteiger partial charge on any atom is -0.381 e. The molecule has 2 fully saturated rings. The maximum atomic E-state index is 5.96. The summed E-state index contributed by atoms with van der Waals surface area (Å²) in [6, 6.07) is 0. The second-order valence-electron chi connectivity index (χ2n) is 5.76. The summed E-state index contributed by atoms with van der Waals surface area (Å²) in [5.74, 6) is 0.742. The van der Waals surface area contributed by atoms with Crippen molar-refractivity contribution in [1.82, 2.24) is 4.90 Å². The summed E-state index contributed by atoms with van der Waals surface area (Å²) in [4.78, 5) is 6.73. The van der Waals surface area contributed by atoms with E-state index in [-0.39, 0.29) is 0 Å². The van der Waals surface area contributed by atoms with Gasteiger partial charge < -0.3 is 15.4 Å². The Morgan fingerprint density at radius 3 is 2.53 bits per heavy atom. The summed E-state index contributed by atoms with van der Waals surface area (Å²) in [6.07, 6.45) is 6.42. The van der Waals surface area contributed by atoms with Crippen LogP contribution in [0.1, 0.15) is 39.0 Å². The highest BCUT2D eigenvalue weighted by Gasteiger charge is 2.31. The zero-order valence-electron chi connectivity index (χ0n) is 11.1. The van der Waals surface area contributed by atoms with Crippen molar-refractivity contribution in [3.05, 3.63) is 0 Å². The van der Waals surface area contributed by atoms with Gasteiger partial charge in [-0.25, -0.2) is 0 Å². The van der Waals surface area contributed by atoms with E-state index in [9.17, 15) is 0 Å². The molecule has 0 spiro atoms. The first kappa shape index (κ1) is 12.7. The average molecular weight is 239 g/mol. The number of methoxy groups -OCH3 is 1. The Hall–Kier alpha value is -0.770. The molecule has 0 aromatic carbocycles. The van der Waals surface area contributed by atoms with Crippen LogP contribution in [0.3, 0.4) is 0 Å². The monoisotopic (exact) mass is 239 g/mol. The van der Waals surface area contributed by atoms with Gasteiger partial charge in [0.05, 0.1) is 6.10 Å². The second-order valence-corrected chi connectivity index (χ2v) is 5.76. The van der Waals surface area contributed by atoms with Crippen LogP contribution in [-0.4, -0.2) is 43.7 Å². The van der Waals surface area contributed by atoms with Crippen molar-refractivity contribution >= 4 is 5.96 Å². The SMILES string of the molecule is COC1CCC(C)(CN=C(N)N2CCC2)CC1. The molecule has 1 aliphatic carbocycles. The predicted molar refractivity (Wildman–Crippen MR) is 70.1 cm³/mol. The summed E-state index contributed by atoms with van der Waals surface area (Å²) < 4.78 is 5.41. The largest absolute Gasteiger partial charge is 0.381 e. The van der Waals surface area contributed by atoms with Crippen molar-refractivity contribution in [1.29, 1.82) is 0 Å². The van der Waals surface area contributed by atoms with Crippen LogP contribution in [0.4, 0.5) is 0 Å². The van der Waals surface area contributed by atoms with Gasteiger partial charge in [-0.2, -0.15) is 0 Å². The van der Waals surface area contributed by atoms with E-state index in [1.54, 1.807) is 0 Å². The number of guanidine groups is 1. The van der Waals surface area contributed by atoms with Gasteiger partial charge in [0.2, 0.25) is 0 Å². The van der Waals surface area contributed by atoms with Gasteiger partial charge in [-0.15, -0.1) is 0 Å². The van der Waals surface area contributed by atoms with E-state index >= 15 is 0 Å². The minimum atomic E-state index is 0.324. The Labute approximate surface area is 104 Å². The van der Waals surface area contributed by atoms with Gasteiger partial charge in [0, 0.05) is 26.7 Å². The zero-order valence-corrected chi connectivity index (χ0v) is 11.1. The Morgan fingerprint density at radius 2 is 2.06 bits per heavy atom. The van der Waals surface area contributed by atoms with Gasteiger partial charge in [0.1, 0.15) is 0 Å². The Balaban J connectivity index is 1.81. The molecule has 0 aromatic heterocycles. The molecule has 1 heterocycles. The van der Waals surface area contributed by atoms with Crippen molar-refractivity contribution < 1.29 is 4.74 Å². The molecule has 0 amide bonds. The molecule has 4 heteroatoms. The highest BCUT2D eigenvalue weighted by molar-refractivity contribution is 5.78. The van der Waals surface area contributed by atoms with Crippen molar-refractivity contribution in [2.24, 2.45) is 16.1 Å². The second kappa shape index (κ2) is 5.25. The van der Waals surface area contributed by atoms with Crippen LogP contribution in [-0.2, 0) is 4.74 Å². The third-order valence-corrected chi connectivity index (χ3v) is 4.28. The third kappa shape index (κ3) is 3.12. The number of likely N-dealkylation sites (tertiary alicyclic amines) is 1. The molecule has 0 bridgehead atoms. The van der Waals surface area contributed by atoms with E-state index < -0.39 is 0 Å². The number of ether oxygens (including phenoxy) is 1. The predicted octanol–water partition coefficient (Wildman–Crippen LogP) is 1.60. The number of nitrogens with two attached hydrogens (primary N) is 1. The molecule has 2 N–H and O–H groups in total. The van der Waals surface area contributed by atoms with Crippen molar-refractivity contribution in [2.45, 2.75) is 45.1 Å². The molecule has 4 nitrogen and oxygen atoms in total. The van der Waals surface area contributed by atoms with Crippen LogP contribution >= 0.6 is 0 Å². The number of aliphatic imine (C=N–C) groups is 1.